The smallest absolute Gasteiger partial charge is 0.230 e. The van der Waals surface area contributed by atoms with E-state index in [1.165, 1.54) is 0 Å². The Labute approximate surface area is 203 Å². The van der Waals surface area contributed by atoms with Crippen molar-refractivity contribution in [3.05, 3.63) is 23.9 Å². The van der Waals surface area contributed by atoms with Crippen LogP contribution in [0.2, 0.25) is 0 Å². The van der Waals surface area contributed by atoms with E-state index < -0.39 is 0 Å². The quantitative estimate of drug-likeness (QED) is 0.325. The van der Waals surface area contributed by atoms with Crippen LogP contribution in [0.25, 0.3) is 0 Å². The van der Waals surface area contributed by atoms with Gasteiger partial charge in [0.05, 0.1) is 18.1 Å². The molecule has 2 N–H and O–H groups in total. The van der Waals surface area contributed by atoms with E-state index in [2.05, 4.69) is 44.6 Å². The van der Waals surface area contributed by atoms with Gasteiger partial charge in [0.15, 0.2) is 5.96 Å². The Bertz CT molecular complexity index is 734. The lowest BCUT2D eigenvalue weighted by Crippen LogP contribution is -2.49. The molecule has 0 aromatic carbocycles. The second-order valence-corrected chi connectivity index (χ2v) is 8.62. The van der Waals surface area contributed by atoms with Gasteiger partial charge in [0.1, 0.15) is 5.82 Å². The van der Waals surface area contributed by atoms with Gasteiger partial charge in [-0.2, -0.15) is 0 Å². The molecule has 31 heavy (non-hydrogen) atoms. The summed E-state index contributed by atoms with van der Waals surface area (Å²) in [5.74, 6) is 1.90. The number of carbonyl (C=O) groups excluding carboxylic acids is 1. The summed E-state index contributed by atoms with van der Waals surface area (Å²) in [4.78, 5) is 25.7. The average Bonchev–Trinajstić information content (AvgIpc) is 3.23. The molecule has 1 saturated heterocycles. The Morgan fingerprint density at radius 2 is 2.06 bits per heavy atom. The number of guanidine groups is 1. The van der Waals surface area contributed by atoms with Gasteiger partial charge in [-0.1, -0.05) is 18.9 Å². The van der Waals surface area contributed by atoms with Crippen LogP contribution in [0.1, 0.15) is 38.2 Å². The van der Waals surface area contributed by atoms with Crippen molar-refractivity contribution >= 4 is 41.7 Å². The van der Waals surface area contributed by atoms with Crippen LogP contribution in [0.4, 0.5) is 5.82 Å². The molecule has 3 rings (SSSR count). The molecule has 0 bridgehead atoms. The average molecular weight is 544 g/mol. The van der Waals surface area contributed by atoms with Crippen LogP contribution >= 0.6 is 24.0 Å². The molecule has 8 nitrogen and oxygen atoms in total. The number of morpholine rings is 1. The number of anilines is 1. The van der Waals surface area contributed by atoms with Crippen molar-refractivity contribution in [1.82, 2.24) is 20.5 Å². The summed E-state index contributed by atoms with van der Waals surface area (Å²) in [6.45, 7) is 5.81. The van der Waals surface area contributed by atoms with Crippen LogP contribution in [0, 0.1) is 5.41 Å². The molecule has 1 aromatic rings. The number of nitrogens with one attached hydrogen (secondary N) is 2. The molecule has 1 unspecified atom stereocenters. The minimum Gasteiger partial charge on any atom is -0.375 e. The van der Waals surface area contributed by atoms with Crippen molar-refractivity contribution in [2.75, 3.05) is 52.3 Å². The maximum atomic E-state index is 12.7. The van der Waals surface area contributed by atoms with Crippen molar-refractivity contribution in [2.24, 2.45) is 10.4 Å². The molecule has 174 valence electrons. The lowest BCUT2D eigenvalue weighted by Gasteiger charge is -2.32. The standard InChI is InChI=1S/C22H36N6O2.HI/c1-17-15-28(11-12-30-17)19-8-7-18(13-24-19)14-25-21(23-2)26-16-22(9-5-6-10-22)20(29)27(3)4;/h7-8,13,17H,5-6,9-12,14-16H2,1-4H3,(H2,23,25,26);1H. The molecule has 1 amide bonds. The summed E-state index contributed by atoms with van der Waals surface area (Å²) in [5, 5.41) is 6.72. The predicted octanol–water partition coefficient (Wildman–Crippen LogP) is 2.24. The molecule has 1 atom stereocenters. The second kappa shape index (κ2) is 11.8. The Morgan fingerprint density at radius 1 is 1.32 bits per heavy atom. The first-order chi connectivity index (χ1) is 14.4. The number of ether oxygens (including phenoxy) is 1. The molecule has 0 spiro atoms. The van der Waals surface area contributed by atoms with Crippen molar-refractivity contribution in [1.29, 1.82) is 0 Å². The number of aliphatic imine (C=N–C) groups is 1. The van der Waals surface area contributed by atoms with Gasteiger partial charge in [0, 0.05) is 53.5 Å². The third-order valence-electron chi connectivity index (χ3n) is 6.07. The van der Waals surface area contributed by atoms with Gasteiger partial charge in [0.2, 0.25) is 5.91 Å². The van der Waals surface area contributed by atoms with Gasteiger partial charge >= 0.3 is 0 Å². The molecule has 1 aliphatic carbocycles. The highest BCUT2D eigenvalue weighted by Gasteiger charge is 2.42. The Morgan fingerprint density at radius 3 is 2.65 bits per heavy atom. The Kier molecular flexibility index (Phi) is 9.80. The highest BCUT2D eigenvalue weighted by atomic mass is 127. The van der Waals surface area contributed by atoms with Crippen LogP contribution in [0.15, 0.2) is 23.3 Å². The van der Waals surface area contributed by atoms with E-state index in [0.717, 1.165) is 56.8 Å². The normalized spacial score (nSPS) is 20.7. The monoisotopic (exact) mass is 544 g/mol. The van der Waals surface area contributed by atoms with Gasteiger partial charge in [0.25, 0.3) is 0 Å². The minimum absolute atomic E-state index is 0. The topological polar surface area (TPSA) is 82.1 Å². The summed E-state index contributed by atoms with van der Waals surface area (Å²) in [6.07, 6.45) is 6.21. The summed E-state index contributed by atoms with van der Waals surface area (Å²) in [6, 6.07) is 4.16. The Hall–Kier alpha value is -1.62. The zero-order chi connectivity index (χ0) is 21.6. The van der Waals surface area contributed by atoms with Gasteiger partial charge in [-0.05, 0) is 31.4 Å². The zero-order valence-corrected chi connectivity index (χ0v) is 21.5. The summed E-state index contributed by atoms with van der Waals surface area (Å²) in [7, 11) is 5.43. The van der Waals surface area contributed by atoms with Crippen molar-refractivity contribution in [3.63, 3.8) is 0 Å². The fourth-order valence-electron chi connectivity index (χ4n) is 4.39. The van der Waals surface area contributed by atoms with E-state index in [0.29, 0.717) is 19.0 Å². The molecule has 9 heteroatoms. The van der Waals surface area contributed by atoms with Crippen molar-refractivity contribution in [3.8, 4) is 0 Å². The van der Waals surface area contributed by atoms with Gasteiger partial charge in [-0.25, -0.2) is 4.98 Å². The van der Waals surface area contributed by atoms with Crippen LogP contribution in [0.3, 0.4) is 0 Å². The molecule has 2 fully saturated rings. The number of halogens is 1. The maximum Gasteiger partial charge on any atom is 0.230 e. The van der Waals surface area contributed by atoms with Crippen LogP contribution in [-0.2, 0) is 16.1 Å². The van der Waals surface area contributed by atoms with E-state index >= 15 is 0 Å². The van der Waals surface area contributed by atoms with Crippen LogP contribution in [-0.4, -0.2) is 75.2 Å². The molecule has 1 saturated carbocycles. The van der Waals surface area contributed by atoms with Gasteiger partial charge < -0.3 is 25.2 Å². The predicted molar refractivity (Wildman–Crippen MR) is 135 cm³/mol. The molecular formula is C22H37IN6O2. The highest BCUT2D eigenvalue weighted by Crippen LogP contribution is 2.38. The molecule has 1 aliphatic heterocycles. The van der Waals surface area contributed by atoms with E-state index in [9.17, 15) is 4.79 Å². The van der Waals surface area contributed by atoms with Crippen molar-refractivity contribution in [2.45, 2.75) is 45.3 Å². The number of hydrogen-bond donors (Lipinski definition) is 2. The number of aromatic nitrogens is 1. The number of pyridine rings is 1. The number of carbonyl (C=O) groups is 1. The number of amides is 1. The minimum atomic E-state index is -0.320. The molecule has 0 radical (unpaired) electrons. The third kappa shape index (κ3) is 6.68. The summed E-state index contributed by atoms with van der Waals surface area (Å²) < 4.78 is 5.60. The van der Waals surface area contributed by atoms with Crippen LogP contribution in [0.5, 0.6) is 0 Å². The molecular weight excluding hydrogens is 507 g/mol. The molecule has 2 aliphatic rings. The SMILES string of the molecule is CN=C(NCc1ccc(N2CCOC(C)C2)nc1)NCC1(C(=O)N(C)C)CCCC1.I. The van der Waals surface area contributed by atoms with E-state index in [1.807, 2.05) is 20.3 Å². The van der Waals surface area contributed by atoms with Crippen molar-refractivity contribution < 1.29 is 9.53 Å². The number of nitrogens with zero attached hydrogens (tertiary/aromatic N) is 4. The van der Waals surface area contributed by atoms with Gasteiger partial charge in [-0.3, -0.25) is 9.79 Å². The maximum absolute atomic E-state index is 12.7. The lowest BCUT2D eigenvalue weighted by atomic mass is 9.84. The van der Waals surface area contributed by atoms with E-state index in [-0.39, 0.29) is 41.4 Å². The Balaban J connectivity index is 0.00000341. The fourth-order valence-corrected chi connectivity index (χ4v) is 4.39. The first-order valence-electron chi connectivity index (χ1n) is 10.9. The number of rotatable bonds is 6. The van der Waals surface area contributed by atoms with Crippen LogP contribution < -0.4 is 15.5 Å². The largest absolute Gasteiger partial charge is 0.375 e. The third-order valence-corrected chi connectivity index (χ3v) is 6.07. The highest BCUT2D eigenvalue weighted by molar-refractivity contribution is 14.0. The first kappa shape index (κ1) is 25.6. The number of hydrogen-bond acceptors (Lipinski definition) is 5. The summed E-state index contributed by atoms with van der Waals surface area (Å²) >= 11 is 0. The first-order valence-corrected chi connectivity index (χ1v) is 10.9. The summed E-state index contributed by atoms with van der Waals surface area (Å²) in [5.41, 5.74) is 0.766. The molecule has 1 aromatic heterocycles. The fraction of sp³-hybridized carbons (Fsp3) is 0.682. The zero-order valence-electron chi connectivity index (χ0n) is 19.2. The van der Waals surface area contributed by atoms with Gasteiger partial charge in [-0.15, -0.1) is 24.0 Å². The van der Waals surface area contributed by atoms with E-state index in [4.69, 9.17) is 4.74 Å². The van der Waals surface area contributed by atoms with E-state index in [1.54, 1.807) is 11.9 Å². The molecule has 2 heterocycles. The lowest BCUT2D eigenvalue weighted by molar-refractivity contribution is -0.138. The second-order valence-electron chi connectivity index (χ2n) is 8.62.